The molecule has 0 saturated carbocycles. The van der Waals surface area contributed by atoms with Gasteiger partial charge < -0.3 is 45.2 Å². The molecule has 1 aliphatic heterocycles. The minimum absolute atomic E-state index is 0.382. The number of ether oxygens (including phenoxy) is 2. The molecule has 0 spiro atoms. The summed E-state index contributed by atoms with van der Waals surface area (Å²) in [5.74, 6) is -2.78. The largest absolute Gasteiger partial charge is 0.484 e. The molecule has 5 atom stereocenters. The predicted octanol–water partition coefficient (Wildman–Crippen LogP) is 0.166. The van der Waals surface area contributed by atoms with Crippen molar-refractivity contribution in [1.82, 2.24) is 0 Å². The number of hydrogen-bond donors (Lipinski definition) is 8. The Labute approximate surface area is 201 Å². The van der Waals surface area contributed by atoms with Crippen LogP contribution < -0.4 is 4.74 Å². The standard InChI is InChI=1S/C12H16O5S.4C2H4O2/c13-6-8-9(14)10(15)11(12(18)17-8)16-7-4-2-1-3-5-7;4*1-2(3)4/h1-5,8-15,18H,6H2;4*1H3,(H,3,4)/t8-,9-,10+,11-,12+;;;;/m1..../s1. The Morgan fingerprint density at radius 2 is 1.18 bits per heavy atom. The molecule has 13 nitrogen and oxygen atoms in total. The third-order valence-electron chi connectivity index (χ3n) is 2.86. The van der Waals surface area contributed by atoms with Crippen molar-refractivity contribution in [3.8, 4) is 5.75 Å². The van der Waals surface area contributed by atoms with Gasteiger partial charge in [0.05, 0.1) is 6.61 Å². The fourth-order valence-corrected chi connectivity index (χ4v) is 2.25. The lowest BCUT2D eigenvalue weighted by Gasteiger charge is -2.40. The van der Waals surface area contributed by atoms with Gasteiger partial charge in [0.25, 0.3) is 23.9 Å². The van der Waals surface area contributed by atoms with E-state index in [0.717, 1.165) is 27.7 Å². The highest BCUT2D eigenvalue weighted by atomic mass is 32.1. The molecule has 0 aliphatic carbocycles. The molecule has 0 radical (unpaired) electrons. The molecule has 1 saturated heterocycles. The van der Waals surface area contributed by atoms with E-state index in [4.69, 9.17) is 54.2 Å². The summed E-state index contributed by atoms with van der Waals surface area (Å²) in [7, 11) is 0. The zero-order chi connectivity index (χ0) is 27.4. The van der Waals surface area contributed by atoms with Gasteiger partial charge in [-0.15, -0.1) is 12.6 Å². The maximum absolute atomic E-state index is 9.96. The SMILES string of the molecule is CC(=O)O.CC(=O)O.CC(=O)O.CC(=O)O.OC[C@H]1O[C@@H](S)[C@H](Oc2ccccc2)[C@@H](O)[C@@H]1O. The normalized spacial score (nSPS) is 22.2. The molecule has 7 N–H and O–H groups in total. The summed E-state index contributed by atoms with van der Waals surface area (Å²) in [4.78, 5) is 36.0. The van der Waals surface area contributed by atoms with Crippen LogP contribution in [0, 0.1) is 0 Å². The van der Waals surface area contributed by atoms with E-state index >= 15 is 0 Å². The molecule has 34 heavy (non-hydrogen) atoms. The Bertz CT molecular complexity index is 650. The van der Waals surface area contributed by atoms with Crippen LogP contribution >= 0.6 is 12.6 Å². The second-order valence-electron chi connectivity index (χ2n) is 6.20. The quantitative estimate of drug-likeness (QED) is 0.253. The fourth-order valence-electron chi connectivity index (χ4n) is 1.86. The first kappa shape index (κ1) is 35.7. The average molecular weight is 513 g/mol. The van der Waals surface area contributed by atoms with E-state index in [1.54, 1.807) is 24.3 Å². The van der Waals surface area contributed by atoms with Crippen LogP contribution in [0.1, 0.15) is 27.7 Å². The zero-order valence-electron chi connectivity index (χ0n) is 19.0. The van der Waals surface area contributed by atoms with Gasteiger partial charge in [-0.3, -0.25) is 19.2 Å². The number of carbonyl (C=O) groups is 4. The first-order valence-electron chi connectivity index (χ1n) is 9.37. The van der Waals surface area contributed by atoms with Crippen molar-refractivity contribution in [2.24, 2.45) is 0 Å². The van der Waals surface area contributed by atoms with Crippen molar-refractivity contribution in [2.75, 3.05) is 6.61 Å². The van der Waals surface area contributed by atoms with Crippen molar-refractivity contribution in [3.05, 3.63) is 30.3 Å². The highest BCUT2D eigenvalue weighted by molar-refractivity contribution is 7.80. The summed E-state index contributed by atoms with van der Waals surface area (Å²) in [6.45, 7) is 3.95. The summed E-state index contributed by atoms with van der Waals surface area (Å²) in [5.41, 5.74) is -0.722. The highest BCUT2D eigenvalue weighted by Crippen LogP contribution is 2.27. The third-order valence-corrected chi connectivity index (χ3v) is 3.27. The second-order valence-corrected chi connectivity index (χ2v) is 6.71. The molecule has 1 fully saturated rings. The minimum atomic E-state index is -1.20. The van der Waals surface area contributed by atoms with Gasteiger partial charge in [-0.2, -0.15) is 0 Å². The van der Waals surface area contributed by atoms with E-state index in [-0.39, 0.29) is 6.61 Å². The maximum Gasteiger partial charge on any atom is 0.300 e. The average Bonchev–Trinajstić information content (AvgIpc) is 2.67. The zero-order valence-corrected chi connectivity index (χ0v) is 19.9. The van der Waals surface area contributed by atoms with Gasteiger partial charge >= 0.3 is 0 Å². The molecular weight excluding hydrogens is 480 g/mol. The first-order valence-corrected chi connectivity index (χ1v) is 9.88. The van der Waals surface area contributed by atoms with Crippen molar-refractivity contribution >= 4 is 36.5 Å². The molecule has 1 aromatic carbocycles. The molecule has 2 rings (SSSR count). The fraction of sp³-hybridized carbons (Fsp3) is 0.500. The molecule has 1 aromatic rings. The number of aliphatic hydroxyl groups is 3. The van der Waals surface area contributed by atoms with Crippen molar-refractivity contribution < 1.29 is 64.4 Å². The topological polar surface area (TPSA) is 228 Å². The van der Waals surface area contributed by atoms with Crippen LogP contribution in [0.5, 0.6) is 5.75 Å². The Balaban J connectivity index is -0.000000492. The van der Waals surface area contributed by atoms with Crippen LogP contribution in [0.15, 0.2) is 30.3 Å². The van der Waals surface area contributed by atoms with Crippen molar-refractivity contribution in [1.29, 1.82) is 0 Å². The summed E-state index contributed by atoms with van der Waals surface area (Å²) < 4.78 is 10.8. The smallest absolute Gasteiger partial charge is 0.300 e. The monoisotopic (exact) mass is 512 g/mol. The molecule has 1 heterocycles. The Morgan fingerprint density at radius 3 is 1.50 bits per heavy atom. The number of thiol groups is 1. The van der Waals surface area contributed by atoms with E-state index < -0.39 is 53.7 Å². The van der Waals surface area contributed by atoms with E-state index in [1.165, 1.54) is 0 Å². The number of para-hydroxylation sites is 1. The molecule has 0 unspecified atom stereocenters. The number of aliphatic hydroxyl groups excluding tert-OH is 3. The molecule has 0 amide bonds. The predicted molar refractivity (Wildman–Crippen MR) is 121 cm³/mol. The van der Waals surface area contributed by atoms with Crippen LogP contribution in [-0.4, -0.2) is 96.1 Å². The van der Waals surface area contributed by atoms with Crippen LogP contribution in [0.3, 0.4) is 0 Å². The maximum atomic E-state index is 9.96. The number of aliphatic carboxylic acids is 4. The highest BCUT2D eigenvalue weighted by Gasteiger charge is 2.44. The van der Waals surface area contributed by atoms with Gasteiger partial charge in [0.2, 0.25) is 0 Å². The summed E-state index contributed by atoms with van der Waals surface area (Å²) in [5, 5.41) is 58.4. The Hall–Kier alpha value is -2.91. The van der Waals surface area contributed by atoms with Gasteiger partial charge in [-0.05, 0) is 12.1 Å². The third kappa shape index (κ3) is 23.7. The van der Waals surface area contributed by atoms with E-state index in [9.17, 15) is 10.2 Å². The lowest BCUT2D eigenvalue weighted by Crippen LogP contribution is -2.58. The van der Waals surface area contributed by atoms with Gasteiger partial charge in [0.1, 0.15) is 29.5 Å². The number of carboxylic acids is 4. The molecular formula is C20H32O13S. The molecule has 196 valence electrons. The van der Waals surface area contributed by atoms with Crippen LogP contribution in [0.25, 0.3) is 0 Å². The van der Waals surface area contributed by atoms with Crippen LogP contribution in [0.4, 0.5) is 0 Å². The number of benzene rings is 1. The van der Waals surface area contributed by atoms with Crippen molar-refractivity contribution in [3.63, 3.8) is 0 Å². The minimum Gasteiger partial charge on any atom is -0.484 e. The lowest BCUT2D eigenvalue weighted by molar-refractivity contribution is -0.198. The van der Waals surface area contributed by atoms with Crippen molar-refractivity contribution in [2.45, 2.75) is 57.5 Å². The number of carboxylic acid groups (broad SMARTS) is 4. The molecule has 0 bridgehead atoms. The van der Waals surface area contributed by atoms with E-state index in [1.807, 2.05) is 6.07 Å². The molecule has 0 aromatic heterocycles. The summed E-state index contributed by atoms with van der Waals surface area (Å²) >= 11 is 4.17. The van der Waals surface area contributed by atoms with Gasteiger partial charge in [-0.25, -0.2) is 0 Å². The van der Waals surface area contributed by atoms with Gasteiger partial charge in [0, 0.05) is 27.7 Å². The number of rotatable bonds is 3. The second kappa shape index (κ2) is 20.7. The lowest BCUT2D eigenvalue weighted by atomic mass is 10.00. The van der Waals surface area contributed by atoms with E-state index in [2.05, 4.69) is 12.6 Å². The van der Waals surface area contributed by atoms with Crippen LogP contribution in [-0.2, 0) is 23.9 Å². The van der Waals surface area contributed by atoms with Gasteiger partial charge in [0.15, 0.2) is 6.10 Å². The van der Waals surface area contributed by atoms with Crippen LogP contribution in [0.2, 0.25) is 0 Å². The Kier molecular flexibility index (Phi) is 21.7. The van der Waals surface area contributed by atoms with E-state index in [0.29, 0.717) is 5.75 Å². The molecule has 14 heteroatoms. The summed E-state index contributed by atoms with van der Waals surface area (Å²) in [6.07, 6.45) is -4.02. The Morgan fingerprint density at radius 1 is 0.824 bits per heavy atom. The first-order chi connectivity index (χ1) is 15.6. The van der Waals surface area contributed by atoms with Gasteiger partial charge in [-0.1, -0.05) is 18.2 Å². The number of hydrogen-bond acceptors (Lipinski definition) is 10. The summed E-state index contributed by atoms with van der Waals surface area (Å²) in [6, 6.07) is 8.91. The molecule has 1 aliphatic rings.